The smallest absolute Gasteiger partial charge is 0.408 e. The highest BCUT2D eigenvalue weighted by Crippen LogP contribution is 2.27. The van der Waals surface area contributed by atoms with Gasteiger partial charge in [-0.1, -0.05) is 104 Å². The molecule has 56 heavy (non-hydrogen) atoms. The highest BCUT2D eigenvalue weighted by atomic mass is 16.6. The van der Waals surface area contributed by atoms with E-state index in [-0.39, 0.29) is 35.5 Å². The maximum absolute atomic E-state index is 13.0. The van der Waals surface area contributed by atoms with E-state index in [1.807, 2.05) is 34.6 Å². The number of rotatable bonds is 22. The molecule has 0 aliphatic heterocycles. The molecule has 0 bridgehead atoms. The predicted octanol–water partition coefficient (Wildman–Crippen LogP) is 6.17. The number of nitrogens with one attached hydrogen (secondary N) is 5. The molecule has 3 atom stereocenters. The first-order valence-electron chi connectivity index (χ1n) is 20.4. The highest BCUT2D eigenvalue weighted by molar-refractivity contribution is 6.38. The lowest BCUT2D eigenvalue weighted by Crippen LogP contribution is -2.52. The first kappa shape index (κ1) is 51.7. The molecule has 0 aromatic heterocycles. The average Bonchev–Trinajstić information content (AvgIpc) is 3.13. The van der Waals surface area contributed by atoms with E-state index in [0.717, 1.165) is 64.2 Å². The summed E-state index contributed by atoms with van der Waals surface area (Å²) in [4.78, 5) is 87.0. The van der Waals surface area contributed by atoms with E-state index in [1.165, 1.54) is 26.5 Å². The molecule has 0 aromatic rings. The van der Waals surface area contributed by atoms with Crippen LogP contribution in [-0.2, 0) is 33.5 Å². The van der Waals surface area contributed by atoms with Crippen molar-refractivity contribution in [3.63, 3.8) is 0 Å². The molecule has 0 aromatic carbocycles. The Morgan fingerprint density at radius 1 is 0.875 bits per heavy atom. The lowest BCUT2D eigenvalue weighted by atomic mass is 9.82. The monoisotopic (exact) mass is 788 g/mol. The number of allylic oxidation sites excluding steroid dienone is 3. The van der Waals surface area contributed by atoms with Crippen LogP contribution >= 0.6 is 0 Å². The minimum Gasteiger partial charge on any atom is -0.444 e. The third kappa shape index (κ3) is 21.7. The molecule has 0 spiro atoms. The van der Waals surface area contributed by atoms with Crippen LogP contribution in [0.5, 0.6) is 0 Å². The fourth-order valence-electron chi connectivity index (χ4n) is 6.39. The minimum absolute atomic E-state index is 0.0211. The van der Waals surface area contributed by atoms with Gasteiger partial charge in [-0.15, -0.1) is 0 Å². The third-order valence-corrected chi connectivity index (χ3v) is 9.20. The Bertz CT molecular complexity index is 1340. The molecule has 5 N–H and O–H groups in total. The molecule has 1 rings (SSSR count). The fraction of sp³-hybridized carbons (Fsp3) is 0.698. The Kier molecular flexibility index (Phi) is 26.0. The molecule has 0 heterocycles. The van der Waals surface area contributed by atoms with Gasteiger partial charge in [-0.25, -0.2) is 4.79 Å². The summed E-state index contributed by atoms with van der Waals surface area (Å²) >= 11 is 0. The number of unbranched alkanes of at least 4 members (excludes halogenated alkanes) is 2. The Morgan fingerprint density at radius 3 is 1.93 bits per heavy atom. The first-order valence-corrected chi connectivity index (χ1v) is 20.4. The van der Waals surface area contributed by atoms with Crippen LogP contribution < -0.4 is 26.6 Å². The van der Waals surface area contributed by atoms with Gasteiger partial charge in [0.1, 0.15) is 11.6 Å². The molecule has 13 heteroatoms. The van der Waals surface area contributed by atoms with Crippen molar-refractivity contribution in [2.75, 3.05) is 13.6 Å². The zero-order valence-electron chi connectivity index (χ0n) is 35.9. The van der Waals surface area contributed by atoms with Gasteiger partial charge in [0.15, 0.2) is 5.78 Å². The van der Waals surface area contributed by atoms with Gasteiger partial charge in [0.2, 0.25) is 23.5 Å². The minimum atomic E-state index is -1.01. The van der Waals surface area contributed by atoms with E-state index in [4.69, 9.17) is 4.74 Å². The molecular formula is C43H73N5O8. The Hall–Kier alpha value is -4.29. The summed E-state index contributed by atoms with van der Waals surface area (Å²) in [5, 5.41) is 12.9. The van der Waals surface area contributed by atoms with Gasteiger partial charge in [0.25, 0.3) is 5.91 Å². The molecule has 3 unspecified atom stereocenters. The van der Waals surface area contributed by atoms with Crippen molar-refractivity contribution < 1.29 is 38.3 Å². The summed E-state index contributed by atoms with van der Waals surface area (Å²) in [6.45, 7) is 19.8. The normalized spacial score (nSPS) is 15.1. The van der Waals surface area contributed by atoms with Gasteiger partial charge >= 0.3 is 6.09 Å². The Labute approximate surface area is 336 Å². The summed E-state index contributed by atoms with van der Waals surface area (Å²) in [6.07, 6.45) is 17.1. The standard InChI is InChI=1S/C29H48N4O5.C14H25NO3/c1-8-12-16-22(17-13-9-2)27(36)32-23(18-20(5)6)26(35)29(38)31-19-24(34)33-25(28(37)30-7)21(14-10-3)15-11-4;1-10(16)12(11-8-6-5-7-9-11)15-13(17)18-14(2,3)4/h10-11,14-15,20,22-23,25H,3,8-9,12-13,16-19H2,1-2,4-7H3,(H,30,37)(H,31,38)(H,32,36)(H,33,34);11-12H,5-9H2,1-4H3,(H,15,17)/b15-11-,21-14+;. The summed E-state index contributed by atoms with van der Waals surface area (Å²) < 4.78 is 5.21. The number of carbonyl (C=O) groups excluding carboxylic acids is 7. The Balaban J connectivity index is 0.00000139. The summed E-state index contributed by atoms with van der Waals surface area (Å²) in [5.41, 5.74) is -0.0316. The van der Waals surface area contributed by atoms with Gasteiger partial charge in [0, 0.05) is 13.0 Å². The third-order valence-electron chi connectivity index (χ3n) is 9.20. The van der Waals surface area contributed by atoms with E-state index in [1.54, 1.807) is 25.2 Å². The number of likely N-dealkylation sites (N-methyl/N-ethyl adjacent to an activating group) is 1. The number of ether oxygens (including phenoxy) is 1. The molecule has 5 amide bonds. The first-order chi connectivity index (χ1) is 26.3. The molecule has 0 radical (unpaired) electrons. The maximum atomic E-state index is 13.0. The number of amides is 5. The van der Waals surface area contributed by atoms with Crippen molar-refractivity contribution in [3.8, 4) is 0 Å². The molecule has 1 saturated carbocycles. The van der Waals surface area contributed by atoms with Crippen LogP contribution in [0.15, 0.2) is 36.5 Å². The highest BCUT2D eigenvalue weighted by Gasteiger charge is 2.32. The summed E-state index contributed by atoms with van der Waals surface area (Å²) in [7, 11) is 1.45. The van der Waals surface area contributed by atoms with Crippen LogP contribution in [0.4, 0.5) is 4.79 Å². The molecule has 13 nitrogen and oxygen atoms in total. The van der Waals surface area contributed by atoms with Gasteiger partial charge in [0.05, 0.1) is 18.6 Å². The lowest BCUT2D eigenvalue weighted by Gasteiger charge is -2.30. The van der Waals surface area contributed by atoms with Crippen LogP contribution in [0.1, 0.15) is 139 Å². The molecule has 0 saturated heterocycles. The molecule has 1 aliphatic rings. The number of alkyl carbamates (subject to hydrolysis) is 1. The van der Waals surface area contributed by atoms with Gasteiger partial charge in [-0.2, -0.15) is 0 Å². The van der Waals surface area contributed by atoms with E-state index in [0.29, 0.717) is 12.0 Å². The van der Waals surface area contributed by atoms with Crippen molar-refractivity contribution in [2.24, 2.45) is 17.8 Å². The van der Waals surface area contributed by atoms with Crippen molar-refractivity contribution in [2.45, 2.75) is 163 Å². The van der Waals surface area contributed by atoms with Crippen LogP contribution in [0.25, 0.3) is 0 Å². The van der Waals surface area contributed by atoms with Crippen molar-refractivity contribution in [1.29, 1.82) is 0 Å². The lowest BCUT2D eigenvalue weighted by molar-refractivity contribution is -0.141. The van der Waals surface area contributed by atoms with Crippen LogP contribution in [0.3, 0.4) is 0 Å². The number of carbonyl (C=O) groups is 7. The van der Waals surface area contributed by atoms with Crippen molar-refractivity contribution >= 4 is 41.3 Å². The van der Waals surface area contributed by atoms with Crippen LogP contribution in [0.2, 0.25) is 0 Å². The zero-order chi connectivity index (χ0) is 42.8. The second kappa shape index (κ2) is 28.2. The van der Waals surface area contributed by atoms with Gasteiger partial charge in [-0.05, 0) is 84.1 Å². The SMILES string of the molecule is C=C/C=C(\C=C/C)C(NC(=O)CNC(=O)C(=O)C(CC(C)C)NC(=O)C(CCCC)CCCC)C(=O)NC.CC(=O)C(NC(=O)OC(C)(C)C)C1CCCCC1. The fourth-order valence-corrected chi connectivity index (χ4v) is 6.39. The van der Waals surface area contributed by atoms with E-state index >= 15 is 0 Å². The molecule has 1 aliphatic carbocycles. The van der Waals surface area contributed by atoms with Gasteiger partial charge < -0.3 is 31.3 Å². The van der Waals surface area contributed by atoms with E-state index in [2.05, 4.69) is 47.0 Å². The molecule has 1 fully saturated rings. The topological polar surface area (TPSA) is 189 Å². The number of Topliss-reactive ketones (excluding diaryl/α,β-unsaturated/α-hetero) is 2. The number of hydrogen-bond acceptors (Lipinski definition) is 8. The van der Waals surface area contributed by atoms with Crippen molar-refractivity contribution in [3.05, 3.63) is 36.5 Å². The van der Waals surface area contributed by atoms with Gasteiger partial charge in [-0.3, -0.25) is 28.8 Å². The molecular weight excluding hydrogens is 714 g/mol. The summed E-state index contributed by atoms with van der Waals surface area (Å²) in [5.74, 6) is -2.93. The summed E-state index contributed by atoms with van der Waals surface area (Å²) in [6, 6.07) is -2.38. The molecule has 318 valence electrons. The van der Waals surface area contributed by atoms with E-state index in [9.17, 15) is 33.6 Å². The quantitative estimate of drug-likeness (QED) is 0.0637. The zero-order valence-corrected chi connectivity index (χ0v) is 35.9. The average molecular weight is 788 g/mol. The van der Waals surface area contributed by atoms with E-state index < -0.39 is 53.8 Å². The maximum Gasteiger partial charge on any atom is 0.408 e. The van der Waals surface area contributed by atoms with Crippen LogP contribution in [-0.4, -0.2) is 78.6 Å². The second-order valence-corrected chi connectivity index (χ2v) is 15.9. The largest absolute Gasteiger partial charge is 0.444 e. The number of hydrogen-bond donors (Lipinski definition) is 5. The second-order valence-electron chi connectivity index (χ2n) is 15.9. The predicted molar refractivity (Wildman–Crippen MR) is 221 cm³/mol. The number of ketones is 2. The van der Waals surface area contributed by atoms with Crippen LogP contribution in [0, 0.1) is 17.8 Å². The van der Waals surface area contributed by atoms with Crippen molar-refractivity contribution in [1.82, 2.24) is 26.6 Å². The Morgan fingerprint density at radius 2 is 1.46 bits per heavy atom.